The van der Waals surface area contributed by atoms with Crippen LogP contribution in [0.2, 0.25) is 0 Å². The molecule has 0 aliphatic heterocycles. The van der Waals surface area contributed by atoms with Gasteiger partial charge < -0.3 is 24.7 Å². The van der Waals surface area contributed by atoms with E-state index in [0.29, 0.717) is 19.8 Å². The summed E-state index contributed by atoms with van der Waals surface area (Å²) in [4.78, 5) is 4.71. The summed E-state index contributed by atoms with van der Waals surface area (Å²) in [5, 5.41) is 14.3. The van der Waals surface area contributed by atoms with E-state index in [1.165, 1.54) is 5.56 Å². The largest absolute Gasteiger partial charge is 0.491 e. The first-order valence-corrected chi connectivity index (χ1v) is 9.78. The van der Waals surface area contributed by atoms with Crippen LogP contribution in [0, 0.1) is 6.92 Å². The minimum atomic E-state index is 0. The normalized spacial score (nSPS) is 11.1. The van der Waals surface area contributed by atoms with Gasteiger partial charge in [-0.15, -0.1) is 34.2 Å². The number of hydrogen-bond donors (Lipinski definition) is 2. The number of nitrogens with one attached hydrogen (secondary N) is 2. The van der Waals surface area contributed by atoms with Crippen LogP contribution in [-0.2, 0) is 17.8 Å². The molecule has 0 unspecified atom stereocenters. The van der Waals surface area contributed by atoms with E-state index in [1.54, 1.807) is 19.8 Å². The van der Waals surface area contributed by atoms with Crippen LogP contribution in [0.3, 0.4) is 0 Å². The molecule has 1 heterocycles. The maximum absolute atomic E-state index is 5.85. The third kappa shape index (κ3) is 9.93. The molecule has 0 fully saturated rings. The quantitative estimate of drug-likeness (QED) is 0.195. The molecule has 0 radical (unpaired) electrons. The van der Waals surface area contributed by atoms with E-state index < -0.39 is 0 Å². The van der Waals surface area contributed by atoms with E-state index in [0.717, 1.165) is 49.7 Å². The van der Waals surface area contributed by atoms with Gasteiger partial charge in [-0.2, -0.15) is 0 Å². The molecule has 0 amide bonds. The van der Waals surface area contributed by atoms with Crippen molar-refractivity contribution in [2.24, 2.45) is 4.99 Å². The lowest BCUT2D eigenvalue weighted by molar-refractivity contribution is 0.145. The van der Waals surface area contributed by atoms with Crippen molar-refractivity contribution < 1.29 is 9.47 Å². The highest BCUT2D eigenvalue weighted by molar-refractivity contribution is 14.0. The molecule has 1 aromatic carbocycles. The molecule has 29 heavy (non-hydrogen) atoms. The number of rotatable bonds is 12. The van der Waals surface area contributed by atoms with Crippen LogP contribution >= 0.6 is 24.0 Å². The summed E-state index contributed by atoms with van der Waals surface area (Å²) in [5.74, 6) is 1.68. The van der Waals surface area contributed by atoms with E-state index in [1.807, 2.05) is 10.6 Å². The van der Waals surface area contributed by atoms with Gasteiger partial charge >= 0.3 is 0 Å². The number of benzene rings is 1. The number of aryl methyl sites for hydroxylation is 2. The number of aromatic nitrogens is 3. The zero-order chi connectivity index (χ0) is 20.0. The van der Waals surface area contributed by atoms with Crippen molar-refractivity contribution in [3.8, 4) is 5.75 Å². The van der Waals surface area contributed by atoms with Gasteiger partial charge in [-0.1, -0.05) is 12.1 Å². The summed E-state index contributed by atoms with van der Waals surface area (Å²) in [7, 11) is 1.67. The van der Waals surface area contributed by atoms with E-state index >= 15 is 0 Å². The Bertz CT molecular complexity index is 709. The Balaban J connectivity index is 0.00000420. The summed E-state index contributed by atoms with van der Waals surface area (Å²) in [6.45, 7) is 8.37. The number of hydrogen-bond acceptors (Lipinski definition) is 5. The first kappa shape index (κ1) is 25.2. The van der Waals surface area contributed by atoms with Crippen LogP contribution in [-0.4, -0.2) is 54.1 Å². The SMILES string of the molecule is CCNC(=NCc1ccc(C)cc1OCCOC)NCCCCn1cnnc1.I. The zero-order valence-electron chi connectivity index (χ0n) is 17.6. The lowest BCUT2D eigenvalue weighted by Crippen LogP contribution is -2.37. The van der Waals surface area contributed by atoms with E-state index in [4.69, 9.17) is 14.5 Å². The number of unbranched alkanes of at least 4 members (excludes halogenated alkanes) is 1. The van der Waals surface area contributed by atoms with Gasteiger partial charge in [0, 0.05) is 32.3 Å². The summed E-state index contributed by atoms with van der Waals surface area (Å²) in [5.41, 5.74) is 2.23. The summed E-state index contributed by atoms with van der Waals surface area (Å²) in [6, 6.07) is 6.20. The molecule has 1 aromatic heterocycles. The maximum atomic E-state index is 5.85. The van der Waals surface area contributed by atoms with E-state index in [9.17, 15) is 0 Å². The van der Waals surface area contributed by atoms with E-state index in [-0.39, 0.29) is 24.0 Å². The first-order valence-electron chi connectivity index (χ1n) is 9.78. The minimum absolute atomic E-state index is 0. The van der Waals surface area contributed by atoms with Crippen molar-refractivity contribution in [1.29, 1.82) is 0 Å². The highest BCUT2D eigenvalue weighted by Crippen LogP contribution is 2.21. The van der Waals surface area contributed by atoms with Gasteiger partial charge in [-0.05, 0) is 38.3 Å². The molecule has 2 N–H and O–H groups in total. The number of nitrogens with zero attached hydrogens (tertiary/aromatic N) is 4. The average Bonchev–Trinajstić information content (AvgIpc) is 3.20. The predicted octanol–water partition coefficient (Wildman–Crippen LogP) is 2.77. The third-order valence-electron chi connectivity index (χ3n) is 4.12. The van der Waals surface area contributed by atoms with Crippen molar-refractivity contribution in [2.45, 2.75) is 39.8 Å². The van der Waals surface area contributed by atoms with Crippen molar-refractivity contribution in [3.05, 3.63) is 42.0 Å². The monoisotopic (exact) mass is 516 g/mol. The molecule has 0 atom stereocenters. The fourth-order valence-electron chi connectivity index (χ4n) is 2.63. The molecule has 2 aromatic rings. The smallest absolute Gasteiger partial charge is 0.191 e. The highest BCUT2D eigenvalue weighted by Gasteiger charge is 2.05. The Labute approximate surface area is 190 Å². The molecular formula is C20H33IN6O2. The van der Waals surface area contributed by atoms with Gasteiger partial charge in [0.15, 0.2) is 5.96 Å². The molecule has 0 bridgehead atoms. The number of halogens is 1. The molecular weight excluding hydrogens is 483 g/mol. The Kier molecular flexibility index (Phi) is 13.0. The molecule has 8 nitrogen and oxygen atoms in total. The molecule has 2 rings (SSSR count). The lowest BCUT2D eigenvalue weighted by Gasteiger charge is -2.13. The second-order valence-electron chi connectivity index (χ2n) is 6.48. The standard InChI is InChI=1S/C20H32N6O2.HI/c1-4-21-20(22-9-5-6-10-26-15-24-25-16-26)23-14-18-8-7-17(2)13-19(18)28-12-11-27-3;/h7-8,13,15-16H,4-6,9-12,14H2,1-3H3,(H2,21,22,23);1H. The molecule has 9 heteroatoms. The second-order valence-corrected chi connectivity index (χ2v) is 6.48. The van der Waals surface area contributed by atoms with Crippen molar-refractivity contribution in [1.82, 2.24) is 25.4 Å². The zero-order valence-corrected chi connectivity index (χ0v) is 19.9. The van der Waals surface area contributed by atoms with Crippen molar-refractivity contribution in [2.75, 3.05) is 33.4 Å². The maximum Gasteiger partial charge on any atom is 0.191 e. The summed E-state index contributed by atoms with van der Waals surface area (Å²) >= 11 is 0. The van der Waals surface area contributed by atoms with Crippen LogP contribution in [0.4, 0.5) is 0 Å². The van der Waals surface area contributed by atoms with Gasteiger partial charge in [0.2, 0.25) is 0 Å². The van der Waals surface area contributed by atoms with Crippen molar-refractivity contribution in [3.63, 3.8) is 0 Å². The summed E-state index contributed by atoms with van der Waals surface area (Å²) in [6.07, 6.45) is 5.58. The van der Waals surface area contributed by atoms with Crippen LogP contribution in [0.5, 0.6) is 5.75 Å². The number of guanidine groups is 1. The third-order valence-corrected chi connectivity index (χ3v) is 4.12. The molecule has 0 spiro atoms. The number of aliphatic imine (C=N–C) groups is 1. The molecule has 162 valence electrons. The van der Waals surface area contributed by atoms with Crippen LogP contribution in [0.1, 0.15) is 30.9 Å². The summed E-state index contributed by atoms with van der Waals surface area (Å²) < 4.78 is 12.9. The lowest BCUT2D eigenvalue weighted by atomic mass is 10.1. The van der Waals surface area contributed by atoms with Gasteiger partial charge in [0.05, 0.1) is 13.2 Å². The molecule has 0 saturated carbocycles. The van der Waals surface area contributed by atoms with Crippen molar-refractivity contribution >= 4 is 29.9 Å². The second kappa shape index (κ2) is 15.0. The Morgan fingerprint density at radius 2 is 1.93 bits per heavy atom. The molecule has 0 aliphatic rings. The Morgan fingerprint density at radius 3 is 2.66 bits per heavy atom. The molecule has 0 saturated heterocycles. The highest BCUT2D eigenvalue weighted by atomic mass is 127. The van der Waals surface area contributed by atoms with Gasteiger partial charge in [-0.25, -0.2) is 4.99 Å². The number of ether oxygens (including phenoxy) is 2. The first-order chi connectivity index (χ1) is 13.7. The fourth-order valence-corrected chi connectivity index (χ4v) is 2.63. The molecule has 0 aliphatic carbocycles. The van der Waals surface area contributed by atoms with Crippen LogP contribution in [0.25, 0.3) is 0 Å². The fraction of sp³-hybridized carbons (Fsp3) is 0.550. The topological polar surface area (TPSA) is 85.6 Å². The minimum Gasteiger partial charge on any atom is -0.491 e. The van der Waals surface area contributed by atoms with Crippen LogP contribution < -0.4 is 15.4 Å². The Morgan fingerprint density at radius 1 is 1.14 bits per heavy atom. The Hall–Kier alpha value is -1.88. The van der Waals surface area contributed by atoms with Gasteiger partial charge in [0.1, 0.15) is 25.0 Å². The predicted molar refractivity (Wildman–Crippen MR) is 126 cm³/mol. The number of methoxy groups -OCH3 is 1. The van der Waals surface area contributed by atoms with Gasteiger partial charge in [0.25, 0.3) is 0 Å². The average molecular weight is 516 g/mol. The van der Waals surface area contributed by atoms with Crippen LogP contribution in [0.15, 0.2) is 35.8 Å². The van der Waals surface area contributed by atoms with E-state index in [2.05, 4.69) is 46.8 Å². The van der Waals surface area contributed by atoms with Gasteiger partial charge in [-0.3, -0.25) is 0 Å².